The molecule has 2 unspecified atom stereocenters. The predicted octanol–water partition coefficient (Wildman–Crippen LogP) is -0.262. The quantitative estimate of drug-likeness (QED) is 0.697. The van der Waals surface area contributed by atoms with Crippen molar-refractivity contribution in [2.24, 2.45) is 0 Å². The molecule has 2 fully saturated rings. The number of rotatable bonds is 5. The van der Waals surface area contributed by atoms with Crippen molar-refractivity contribution in [3.05, 3.63) is 0 Å². The zero-order valence-electron chi connectivity index (χ0n) is 10.4. The van der Waals surface area contributed by atoms with E-state index in [1.807, 2.05) is 0 Å². The zero-order chi connectivity index (χ0) is 12.3. The van der Waals surface area contributed by atoms with Crippen LogP contribution in [0.3, 0.4) is 0 Å². The fraction of sp³-hybridized carbons (Fsp3) is 0.917. The molecule has 17 heavy (non-hydrogen) atoms. The van der Waals surface area contributed by atoms with Crippen LogP contribution < -0.4 is 5.32 Å². The first-order chi connectivity index (χ1) is 8.14. The first kappa shape index (κ1) is 12.8. The number of ether oxygens (including phenoxy) is 1. The lowest BCUT2D eigenvalue weighted by Gasteiger charge is -2.27. The molecule has 0 spiro atoms. The Hall–Kier alpha value is -0.650. The summed E-state index contributed by atoms with van der Waals surface area (Å²) in [5.74, 6) is 0.124. The molecule has 2 saturated heterocycles. The summed E-state index contributed by atoms with van der Waals surface area (Å²) in [6, 6.07) is -0.0547. The Labute approximate surface area is 102 Å². The summed E-state index contributed by atoms with van der Waals surface area (Å²) >= 11 is 0. The Morgan fingerprint density at radius 3 is 3.12 bits per heavy atom. The third-order valence-electron chi connectivity index (χ3n) is 3.51. The smallest absolute Gasteiger partial charge is 0.239 e. The van der Waals surface area contributed by atoms with Gasteiger partial charge >= 0.3 is 0 Å². The van der Waals surface area contributed by atoms with Crippen molar-refractivity contribution in [1.82, 2.24) is 10.2 Å². The van der Waals surface area contributed by atoms with Gasteiger partial charge in [-0.3, -0.25) is 4.79 Å². The van der Waals surface area contributed by atoms with Crippen LogP contribution in [0.4, 0.5) is 0 Å². The van der Waals surface area contributed by atoms with E-state index in [0.717, 1.165) is 25.9 Å². The van der Waals surface area contributed by atoms with Crippen molar-refractivity contribution in [3.8, 4) is 0 Å². The average Bonchev–Trinajstić information content (AvgIpc) is 2.86. The van der Waals surface area contributed by atoms with E-state index in [1.54, 1.807) is 4.90 Å². The van der Waals surface area contributed by atoms with Crippen molar-refractivity contribution < 1.29 is 14.6 Å². The molecule has 0 aromatic heterocycles. The highest BCUT2D eigenvalue weighted by Gasteiger charge is 2.39. The van der Waals surface area contributed by atoms with Gasteiger partial charge < -0.3 is 20.1 Å². The number of nitrogens with one attached hydrogen (secondary N) is 1. The molecule has 2 atom stereocenters. The maximum atomic E-state index is 12.1. The van der Waals surface area contributed by atoms with Crippen LogP contribution in [0.25, 0.3) is 0 Å². The molecule has 98 valence electrons. The molecule has 2 aliphatic heterocycles. The molecule has 0 aliphatic carbocycles. The maximum Gasteiger partial charge on any atom is 0.239 e. The molecule has 5 nitrogen and oxygen atoms in total. The molecule has 2 aliphatic rings. The zero-order valence-corrected chi connectivity index (χ0v) is 10.4. The summed E-state index contributed by atoms with van der Waals surface area (Å²) in [4.78, 5) is 13.8. The minimum atomic E-state index is -0.824. The molecule has 0 aromatic rings. The van der Waals surface area contributed by atoms with Crippen LogP contribution in [0.15, 0.2) is 0 Å². The van der Waals surface area contributed by atoms with E-state index in [2.05, 4.69) is 12.2 Å². The normalized spacial score (nSPS) is 33.6. The Morgan fingerprint density at radius 1 is 1.65 bits per heavy atom. The van der Waals surface area contributed by atoms with E-state index in [1.165, 1.54) is 0 Å². The summed E-state index contributed by atoms with van der Waals surface area (Å²) < 4.78 is 5.19. The highest BCUT2D eigenvalue weighted by Crippen LogP contribution is 2.22. The topological polar surface area (TPSA) is 61.8 Å². The van der Waals surface area contributed by atoms with Gasteiger partial charge in [-0.2, -0.15) is 0 Å². The van der Waals surface area contributed by atoms with Gasteiger partial charge in [-0.15, -0.1) is 0 Å². The number of amides is 1. The number of aliphatic hydroxyl groups is 1. The molecule has 0 radical (unpaired) electrons. The summed E-state index contributed by atoms with van der Waals surface area (Å²) in [5.41, 5.74) is -0.824. The number of carbonyl (C=O) groups is 1. The Kier molecular flexibility index (Phi) is 4.01. The average molecular weight is 242 g/mol. The van der Waals surface area contributed by atoms with E-state index in [4.69, 9.17) is 4.74 Å². The van der Waals surface area contributed by atoms with Gasteiger partial charge in [0.2, 0.25) is 5.91 Å². The lowest BCUT2D eigenvalue weighted by molar-refractivity contribution is -0.132. The van der Waals surface area contributed by atoms with E-state index in [-0.39, 0.29) is 11.9 Å². The maximum absolute atomic E-state index is 12.1. The highest BCUT2D eigenvalue weighted by molar-refractivity contribution is 5.84. The second-order valence-corrected chi connectivity index (χ2v) is 5.08. The summed E-state index contributed by atoms with van der Waals surface area (Å²) in [5, 5.41) is 13.4. The molecule has 2 rings (SSSR count). The van der Waals surface area contributed by atoms with E-state index in [9.17, 15) is 9.90 Å². The molecule has 0 aromatic carbocycles. The lowest BCUT2D eigenvalue weighted by Crippen LogP contribution is -2.47. The van der Waals surface area contributed by atoms with Gasteiger partial charge in [0.1, 0.15) is 5.60 Å². The van der Waals surface area contributed by atoms with Crippen molar-refractivity contribution in [2.75, 3.05) is 32.8 Å². The molecular weight excluding hydrogens is 220 g/mol. The monoisotopic (exact) mass is 242 g/mol. The van der Waals surface area contributed by atoms with Crippen molar-refractivity contribution in [3.63, 3.8) is 0 Å². The summed E-state index contributed by atoms with van der Waals surface area (Å²) in [6.07, 6.45) is 2.50. The number of likely N-dealkylation sites (tertiary alicyclic amines) is 1. The first-order valence-electron chi connectivity index (χ1n) is 6.47. The first-order valence-corrected chi connectivity index (χ1v) is 6.47. The Bertz CT molecular complexity index is 277. The van der Waals surface area contributed by atoms with Crippen LogP contribution in [0, 0.1) is 0 Å². The van der Waals surface area contributed by atoms with Gasteiger partial charge in [-0.1, -0.05) is 6.92 Å². The summed E-state index contributed by atoms with van der Waals surface area (Å²) in [7, 11) is 0. The SMILES string of the molecule is CCCNC1CCN(CC2(O)CCOC2)C1=O. The van der Waals surface area contributed by atoms with Crippen LogP contribution in [-0.2, 0) is 9.53 Å². The van der Waals surface area contributed by atoms with Gasteiger partial charge in [0, 0.05) is 19.6 Å². The standard InChI is InChI=1S/C12H22N2O3/c1-2-5-13-10-3-6-14(11(10)15)8-12(16)4-7-17-9-12/h10,13,16H,2-9H2,1H3. The molecule has 2 N–H and O–H groups in total. The third kappa shape index (κ3) is 2.97. The number of hydrogen-bond acceptors (Lipinski definition) is 4. The molecule has 2 heterocycles. The van der Waals surface area contributed by atoms with Crippen molar-refractivity contribution >= 4 is 5.91 Å². The van der Waals surface area contributed by atoms with Crippen LogP contribution >= 0.6 is 0 Å². The fourth-order valence-electron chi connectivity index (χ4n) is 2.48. The summed E-state index contributed by atoms with van der Waals surface area (Å²) in [6.45, 7) is 5.05. The molecular formula is C12H22N2O3. The van der Waals surface area contributed by atoms with Gasteiger partial charge in [-0.25, -0.2) is 0 Å². The van der Waals surface area contributed by atoms with Crippen LogP contribution in [-0.4, -0.2) is 60.4 Å². The fourth-order valence-corrected chi connectivity index (χ4v) is 2.48. The third-order valence-corrected chi connectivity index (χ3v) is 3.51. The number of hydrogen-bond donors (Lipinski definition) is 2. The van der Waals surface area contributed by atoms with Crippen LogP contribution in [0.5, 0.6) is 0 Å². The minimum Gasteiger partial charge on any atom is -0.386 e. The number of carbonyl (C=O) groups excluding carboxylic acids is 1. The number of nitrogens with zero attached hydrogens (tertiary/aromatic N) is 1. The van der Waals surface area contributed by atoms with Gasteiger partial charge in [0.15, 0.2) is 0 Å². The highest BCUT2D eigenvalue weighted by atomic mass is 16.5. The lowest BCUT2D eigenvalue weighted by atomic mass is 10.0. The van der Waals surface area contributed by atoms with E-state index >= 15 is 0 Å². The second-order valence-electron chi connectivity index (χ2n) is 5.08. The van der Waals surface area contributed by atoms with Crippen LogP contribution in [0.1, 0.15) is 26.2 Å². The van der Waals surface area contributed by atoms with E-state index in [0.29, 0.717) is 26.2 Å². The largest absolute Gasteiger partial charge is 0.386 e. The molecule has 0 saturated carbocycles. The van der Waals surface area contributed by atoms with Gasteiger partial charge in [0.05, 0.1) is 19.2 Å². The molecule has 1 amide bonds. The number of β-amino-alcohol motifs (C(OH)–C–C–N with tert-alkyl or cyclic N) is 1. The second kappa shape index (κ2) is 5.33. The van der Waals surface area contributed by atoms with Crippen LogP contribution in [0.2, 0.25) is 0 Å². The Balaban J connectivity index is 1.84. The van der Waals surface area contributed by atoms with Gasteiger partial charge in [0.25, 0.3) is 0 Å². The predicted molar refractivity (Wildman–Crippen MR) is 63.7 cm³/mol. The molecule has 0 bridgehead atoms. The van der Waals surface area contributed by atoms with Crippen molar-refractivity contribution in [2.45, 2.75) is 37.8 Å². The van der Waals surface area contributed by atoms with E-state index < -0.39 is 5.60 Å². The molecule has 5 heteroatoms. The van der Waals surface area contributed by atoms with Crippen molar-refractivity contribution in [1.29, 1.82) is 0 Å². The minimum absolute atomic E-state index is 0.0547. The Morgan fingerprint density at radius 2 is 2.47 bits per heavy atom. The van der Waals surface area contributed by atoms with Gasteiger partial charge in [-0.05, 0) is 19.4 Å².